The number of hydrogen-bond donors (Lipinski definition) is 2. The maximum absolute atomic E-state index is 9.23. The molecule has 0 bridgehead atoms. The zero-order valence-electron chi connectivity index (χ0n) is 13.2. The number of nitrogens with zero attached hydrogens (tertiary/aromatic N) is 1. The Morgan fingerprint density at radius 2 is 1.80 bits per heavy atom. The zero-order chi connectivity index (χ0) is 15.0. The summed E-state index contributed by atoms with van der Waals surface area (Å²) in [5.74, 6) is 0. The summed E-state index contributed by atoms with van der Waals surface area (Å²) in [7, 11) is 0. The van der Waals surface area contributed by atoms with E-state index in [1.807, 2.05) is 6.07 Å². The van der Waals surface area contributed by atoms with Gasteiger partial charge in [-0.05, 0) is 37.3 Å². The van der Waals surface area contributed by atoms with Crippen LogP contribution in [0.25, 0.3) is 0 Å². The van der Waals surface area contributed by atoms with Crippen LogP contribution in [0.1, 0.15) is 50.3 Å². The maximum Gasteiger partial charge on any atom is 0.0558 e. The lowest BCUT2D eigenvalue weighted by molar-refractivity contribution is 0.139. The molecule has 0 fully saturated rings. The Balaban J connectivity index is 2.60. The van der Waals surface area contributed by atoms with Crippen LogP contribution in [0.15, 0.2) is 24.3 Å². The maximum atomic E-state index is 9.23. The summed E-state index contributed by atoms with van der Waals surface area (Å²) in [5, 5.41) is 9.23. The third-order valence-electron chi connectivity index (χ3n) is 4.16. The lowest BCUT2D eigenvalue weighted by atomic mass is 9.99. The highest BCUT2D eigenvalue weighted by Crippen LogP contribution is 2.19. The molecule has 0 aromatic heterocycles. The monoisotopic (exact) mass is 278 g/mol. The van der Waals surface area contributed by atoms with Crippen molar-refractivity contribution in [3.05, 3.63) is 35.4 Å². The molecule has 0 aliphatic rings. The van der Waals surface area contributed by atoms with E-state index >= 15 is 0 Å². The van der Waals surface area contributed by atoms with Crippen LogP contribution in [0.5, 0.6) is 0 Å². The van der Waals surface area contributed by atoms with Gasteiger partial charge in [0.2, 0.25) is 0 Å². The molecule has 0 heterocycles. The van der Waals surface area contributed by atoms with E-state index < -0.39 is 0 Å². The third kappa shape index (κ3) is 4.89. The topological polar surface area (TPSA) is 49.5 Å². The first-order valence-corrected chi connectivity index (χ1v) is 7.80. The number of hydrogen-bond acceptors (Lipinski definition) is 3. The average Bonchev–Trinajstić information content (AvgIpc) is 2.46. The zero-order valence-corrected chi connectivity index (χ0v) is 13.2. The second kappa shape index (κ2) is 9.11. The Hall–Kier alpha value is -0.900. The summed E-state index contributed by atoms with van der Waals surface area (Å²) in [6, 6.07) is 8.95. The Labute approximate surface area is 123 Å². The van der Waals surface area contributed by atoms with Crippen molar-refractivity contribution >= 4 is 0 Å². The number of nitrogens with two attached hydrogens (primary N) is 1. The fourth-order valence-corrected chi connectivity index (χ4v) is 2.87. The summed E-state index contributed by atoms with van der Waals surface area (Å²) in [4.78, 5) is 2.37. The van der Waals surface area contributed by atoms with E-state index in [1.54, 1.807) is 0 Å². The van der Waals surface area contributed by atoms with Crippen LogP contribution >= 0.6 is 0 Å². The SMILES string of the molecule is CCC(CC)N(CCO)CCC(N)c1ccccc1C. The Morgan fingerprint density at radius 3 is 2.35 bits per heavy atom. The highest BCUT2D eigenvalue weighted by molar-refractivity contribution is 5.28. The van der Waals surface area contributed by atoms with Gasteiger partial charge in [0.15, 0.2) is 0 Å². The standard InChI is InChI=1S/C17H30N2O/c1-4-15(5-2)19(12-13-20)11-10-17(18)16-9-7-6-8-14(16)3/h6-9,15,17,20H,4-5,10-13,18H2,1-3H3. The third-order valence-corrected chi connectivity index (χ3v) is 4.16. The Kier molecular flexibility index (Phi) is 7.82. The van der Waals surface area contributed by atoms with Crippen LogP contribution in [0.3, 0.4) is 0 Å². The van der Waals surface area contributed by atoms with Gasteiger partial charge >= 0.3 is 0 Å². The minimum absolute atomic E-state index is 0.0757. The summed E-state index contributed by atoms with van der Waals surface area (Å²) < 4.78 is 0. The first-order chi connectivity index (χ1) is 9.63. The molecule has 3 N–H and O–H groups in total. The molecule has 3 heteroatoms. The number of rotatable bonds is 9. The van der Waals surface area contributed by atoms with Crippen molar-refractivity contribution in [2.24, 2.45) is 5.73 Å². The summed E-state index contributed by atoms with van der Waals surface area (Å²) in [5.41, 5.74) is 8.83. The van der Waals surface area contributed by atoms with E-state index in [0.29, 0.717) is 6.04 Å². The van der Waals surface area contributed by atoms with Crippen LogP contribution in [0, 0.1) is 6.92 Å². The van der Waals surface area contributed by atoms with Crippen LogP contribution in [-0.2, 0) is 0 Å². The fraction of sp³-hybridized carbons (Fsp3) is 0.647. The normalized spacial score (nSPS) is 13.2. The second-order valence-corrected chi connectivity index (χ2v) is 5.48. The smallest absolute Gasteiger partial charge is 0.0558 e. The minimum atomic E-state index is 0.0757. The Bertz CT molecular complexity index is 377. The van der Waals surface area contributed by atoms with Crippen molar-refractivity contribution < 1.29 is 5.11 Å². The van der Waals surface area contributed by atoms with Gasteiger partial charge in [-0.2, -0.15) is 0 Å². The number of aliphatic hydroxyl groups excluding tert-OH is 1. The molecule has 1 aromatic carbocycles. The van der Waals surface area contributed by atoms with Crippen molar-refractivity contribution in [1.29, 1.82) is 0 Å². The highest BCUT2D eigenvalue weighted by atomic mass is 16.3. The van der Waals surface area contributed by atoms with Crippen LogP contribution in [-0.4, -0.2) is 35.7 Å². The molecule has 0 aliphatic heterocycles. The molecule has 0 aliphatic carbocycles. The van der Waals surface area contributed by atoms with Gasteiger partial charge in [-0.15, -0.1) is 0 Å². The second-order valence-electron chi connectivity index (χ2n) is 5.48. The lowest BCUT2D eigenvalue weighted by Gasteiger charge is -2.31. The van der Waals surface area contributed by atoms with Crippen LogP contribution in [0.2, 0.25) is 0 Å². The molecule has 0 spiro atoms. The van der Waals surface area contributed by atoms with E-state index in [0.717, 1.165) is 32.4 Å². The minimum Gasteiger partial charge on any atom is -0.395 e. The van der Waals surface area contributed by atoms with Crippen LogP contribution in [0.4, 0.5) is 0 Å². The predicted octanol–water partition coefficient (Wildman–Crippen LogP) is 2.87. The molecular formula is C17H30N2O. The van der Waals surface area contributed by atoms with E-state index in [-0.39, 0.29) is 12.6 Å². The number of benzene rings is 1. The Morgan fingerprint density at radius 1 is 1.15 bits per heavy atom. The van der Waals surface area contributed by atoms with Gasteiger partial charge in [0, 0.05) is 25.2 Å². The van der Waals surface area contributed by atoms with Crippen molar-refractivity contribution in [1.82, 2.24) is 4.90 Å². The molecule has 1 rings (SSSR count). The predicted molar refractivity (Wildman–Crippen MR) is 85.8 cm³/mol. The fourth-order valence-electron chi connectivity index (χ4n) is 2.87. The number of aryl methyl sites for hydroxylation is 1. The lowest BCUT2D eigenvalue weighted by Crippen LogP contribution is -2.38. The van der Waals surface area contributed by atoms with Gasteiger partial charge in [-0.1, -0.05) is 38.1 Å². The molecule has 1 unspecified atom stereocenters. The van der Waals surface area contributed by atoms with Crippen molar-refractivity contribution in [3.63, 3.8) is 0 Å². The quantitative estimate of drug-likeness (QED) is 0.730. The van der Waals surface area contributed by atoms with Gasteiger partial charge in [0.1, 0.15) is 0 Å². The molecule has 3 nitrogen and oxygen atoms in total. The summed E-state index contributed by atoms with van der Waals surface area (Å²) in [6.07, 6.45) is 3.17. The van der Waals surface area contributed by atoms with E-state index in [2.05, 4.69) is 43.9 Å². The van der Waals surface area contributed by atoms with Gasteiger partial charge < -0.3 is 10.8 Å². The summed E-state index contributed by atoms with van der Waals surface area (Å²) >= 11 is 0. The molecule has 0 saturated heterocycles. The molecular weight excluding hydrogens is 248 g/mol. The van der Waals surface area contributed by atoms with E-state index in [1.165, 1.54) is 11.1 Å². The molecule has 0 amide bonds. The largest absolute Gasteiger partial charge is 0.395 e. The average molecular weight is 278 g/mol. The first kappa shape index (κ1) is 17.2. The van der Waals surface area contributed by atoms with Crippen molar-refractivity contribution in [2.75, 3.05) is 19.7 Å². The molecule has 1 aromatic rings. The van der Waals surface area contributed by atoms with Gasteiger partial charge in [0.25, 0.3) is 0 Å². The van der Waals surface area contributed by atoms with Gasteiger partial charge in [-0.3, -0.25) is 4.90 Å². The highest BCUT2D eigenvalue weighted by Gasteiger charge is 2.16. The summed E-state index contributed by atoms with van der Waals surface area (Å²) in [6.45, 7) is 8.44. The number of aliphatic hydroxyl groups is 1. The first-order valence-electron chi connectivity index (χ1n) is 7.80. The molecule has 0 radical (unpaired) electrons. The van der Waals surface area contributed by atoms with E-state index in [9.17, 15) is 5.11 Å². The van der Waals surface area contributed by atoms with Crippen LogP contribution < -0.4 is 5.73 Å². The molecule has 20 heavy (non-hydrogen) atoms. The van der Waals surface area contributed by atoms with E-state index in [4.69, 9.17) is 5.73 Å². The van der Waals surface area contributed by atoms with Gasteiger partial charge in [0.05, 0.1) is 6.61 Å². The van der Waals surface area contributed by atoms with Crippen molar-refractivity contribution in [3.8, 4) is 0 Å². The molecule has 0 saturated carbocycles. The molecule has 114 valence electrons. The molecule has 1 atom stereocenters. The van der Waals surface area contributed by atoms with Crippen molar-refractivity contribution in [2.45, 2.75) is 52.1 Å². The van der Waals surface area contributed by atoms with Gasteiger partial charge in [-0.25, -0.2) is 0 Å².